The molecule has 16 heavy (non-hydrogen) atoms. The van der Waals surface area contributed by atoms with Crippen LogP contribution in [0.4, 0.5) is 0 Å². The number of nitrogens with zero attached hydrogens (tertiary/aromatic N) is 1. The highest BCUT2D eigenvalue weighted by Crippen LogP contribution is 2.35. The summed E-state index contributed by atoms with van der Waals surface area (Å²) in [6.45, 7) is 2.09. The third-order valence-corrected chi connectivity index (χ3v) is 4.62. The lowest BCUT2D eigenvalue weighted by Crippen LogP contribution is -2.24. The Hall–Kier alpha value is -0.410. The van der Waals surface area contributed by atoms with Gasteiger partial charge in [-0.3, -0.25) is 0 Å². The Labute approximate surface area is 102 Å². The Balaban J connectivity index is 2.08. The van der Waals surface area contributed by atoms with Crippen LogP contribution in [0, 0.1) is 12.8 Å². The standard InChI is InChI=1S/C13H22N2S/c1-10-15-9-12(16-10)13(14-2)11-7-5-3-4-6-8-11/h9,11,13-14H,3-8H2,1-2H3. The van der Waals surface area contributed by atoms with Gasteiger partial charge >= 0.3 is 0 Å². The molecule has 1 N–H and O–H groups in total. The van der Waals surface area contributed by atoms with Gasteiger partial charge in [0.15, 0.2) is 0 Å². The summed E-state index contributed by atoms with van der Waals surface area (Å²) >= 11 is 1.85. The Morgan fingerprint density at radius 1 is 1.31 bits per heavy atom. The average Bonchev–Trinajstić information content (AvgIpc) is 2.55. The molecule has 90 valence electrons. The Kier molecular flexibility index (Phi) is 4.36. The van der Waals surface area contributed by atoms with E-state index < -0.39 is 0 Å². The molecule has 2 nitrogen and oxygen atoms in total. The van der Waals surface area contributed by atoms with Gasteiger partial charge in [0, 0.05) is 17.1 Å². The van der Waals surface area contributed by atoms with Crippen LogP contribution in [0.3, 0.4) is 0 Å². The quantitative estimate of drug-likeness (QED) is 0.813. The first-order valence-corrected chi connectivity index (χ1v) is 7.22. The largest absolute Gasteiger partial charge is 0.312 e. The van der Waals surface area contributed by atoms with Crippen LogP contribution in [0.25, 0.3) is 0 Å². The molecule has 0 aromatic carbocycles. The first kappa shape index (κ1) is 12.1. The third-order valence-electron chi connectivity index (χ3n) is 3.63. The van der Waals surface area contributed by atoms with Gasteiger partial charge in [-0.05, 0) is 32.7 Å². The molecule has 1 saturated carbocycles. The molecule has 1 atom stereocenters. The van der Waals surface area contributed by atoms with Crippen LogP contribution in [-0.2, 0) is 0 Å². The highest BCUT2D eigenvalue weighted by atomic mass is 32.1. The van der Waals surface area contributed by atoms with Crippen LogP contribution in [0.2, 0.25) is 0 Å². The van der Waals surface area contributed by atoms with E-state index in [0.717, 1.165) is 5.92 Å². The zero-order chi connectivity index (χ0) is 11.4. The summed E-state index contributed by atoms with van der Waals surface area (Å²) in [5.41, 5.74) is 0. The molecule has 1 fully saturated rings. The first-order valence-electron chi connectivity index (χ1n) is 6.41. The van der Waals surface area contributed by atoms with Gasteiger partial charge < -0.3 is 5.32 Å². The molecular formula is C13H22N2S. The fourth-order valence-electron chi connectivity index (χ4n) is 2.78. The maximum absolute atomic E-state index is 4.38. The van der Waals surface area contributed by atoms with Crippen LogP contribution in [0.1, 0.15) is 54.5 Å². The van der Waals surface area contributed by atoms with Gasteiger partial charge in [-0.2, -0.15) is 0 Å². The van der Waals surface area contributed by atoms with E-state index >= 15 is 0 Å². The third kappa shape index (κ3) is 2.83. The van der Waals surface area contributed by atoms with Crippen LogP contribution >= 0.6 is 11.3 Å². The molecule has 0 saturated heterocycles. The maximum atomic E-state index is 4.38. The molecule has 1 aromatic heterocycles. The summed E-state index contributed by atoms with van der Waals surface area (Å²) in [5, 5.41) is 4.68. The van der Waals surface area contributed by atoms with E-state index in [1.165, 1.54) is 48.4 Å². The Bertz CT molecular complexity index is 313. The van der Waals surface area contributed by atoms with Gasteiger partial charge in [0.25, 0.3) is 0 Å². The van der Waals surface area contributed by atoms with Crippen LogP contribution in [0.5, 0.6) is 0 Å². The minimum absolute atomic E-state index is 0.532. The van der Waals surface area contributed by atoms with Crippen molar-refractivity contribution in [3.8, 4) is 0 Å². The molecule has 1 aliphatic rings. The number of nitrogens with one attached hydrogen (secondary N) is 1. The highest BCUT2D eigenvalue weighted by molar-refractivity contribution is 7.11. The number of aromatic nitrogens is 1. The molecule has 2 rings (SSSR count). The van der Waals surface area contributed by atoms with E-state index in [1.54, 1.807) is 0 Å². The van der Waals surface area contributed by atoms with E-state index in [-0.39, 0.29) is 0 Å². The van der Waals surface area contributed by atoms with Crippen molar-refractivity contribution in [2.45, 2.75) is 51.5 Å². The molecule has 0 aliphatic heterocycles. The van der Waals surface area contributed by atoms with Crippen molar-refractivity contribution in [1.29, 1.82) is 0 Å². The van der Waals surface area contributed by atoms with Crippen molar-refractivity contribution in [3.63, 3.8) is 0 Å². The monoisotopic (exact) mass is 238 g/mol. The number of hydrogen-bond donors (Lipinski definition) is 1. The van der Waals surface area contributed by atoms with Gasteiger partial charge in [-0.15, -0.1) is 11.3 Å². The van der Waals surface area contributed by atoms with E-state index in [4.69, 9.17) is 0 Å². The minimum Gasteiger partial charge on any atom is -0.312 e. The fraction of sp³-hybridized carbons (Fsp3) is 0.769. The average molecular weight is 238 g/mol. The number of rotatable bonds is 3. The van der Waals surface area contributed by atoms with Crippen molar-refractivity contribution in [1.82, 2.24) is 10.3 Å². The Morgan fingerprint density at radius 2 is 2.00 bits per heavy atom. The second kappa shape index (κ2) is 5.78. The van der Waals surface area contributed by atoms with Crippen LogP contribution < -0.4 is 5.32 Å². The van der Waals surface area contributed by atoms with Gasteiger partial charge in [0.1, 0.15) is 0 Å². The lowest BCUT2D eigenvalue weighted by atomic mass is 9.91. The maximum Gasteiger partial charge on any atom is 0.0897 e. The van der Waals surface area contributed by atoms with Crippen LogP contribution in [0.15, 0.2) is 6.20 Å². The first-order chi connectivity index (χ1) is 7.81. The lowest BCUT2D eigenvalue weighted by molar-refractivity contribution is 0.345. The molecule has 0 bridgehead atoms. The lowest BCUT2D eigenvalue weighted by Gasteiger charge is -2.24. The molecule has 0 radical (unpaired) electrons. The molecule has 1 unspecified atom stereocenters. The summed E-state index contributed by atoms with van der Waals surface area (Å²) in [5.74, 6) is 0.812. The van der Waals surface area contributed by atoms with E-state index in [1.807, 2.05) is 11.3 Å². The van der Waals surface area contributed by atoms with Crippen LogP contribution in [-0.4, -0.2) is 12.0 Å². The second-order valence-electron chi connectivity index (χ2n) is 4.80. The van der Waals surface area contributed by atoms with E-state index in [0.29, 0.717) is 6.04 Å². The van der Waals surface area contributed by atoms with Gasteiger partial charge in [0.2, 0.25) is 0 Å². The molecule has 0 amide bonds. The normalized spacial score (nSPS) is 20.6. The SMILES string of the molecule is CNC(c1cnc(C)s1)C1CCCCCC1. The van der Waals surface area contributed by atoms with Crippen molar-refractivity contribution >= 4 is 11.3 Å². The smallest absolute Gasteiger partial charge is 0.0897 e. The topological polar surface area (TPSA) is 24.9 Å². The number of hydrogen-bond acceptors (Lipinski definition) is 3. The summed E-state index contributed by atoms with van der Waals surface area (Å²) in [6.07, 6.45) is 10.5. The van der Waals surface area contributed by atoms with E-state index in [2.05, 4.69) is 30.5 Å². The molecule has 1 heterocycles. The van der Waals surface area contributed by atoms with Gasteiger partial charge in [-0.1, -0.05) is 25.7 Å². The fourth-order valence-corrected chi connectivity index (χ4v) is 3.77. The summed E-state index contributed by atoms with van der Waals surface area (Å²) in [7, 11) is 2.09. The van der Waals surface area contributed by atoms with E-state index in [9.17, 15) is 0 Å². The summed E-state index contributed by atoms with van der Waals surface area (Å²) in [4.78, 5) is 5.81. The van der Waals surface area contributed by atoms with Crippen molar-refractivity contribution < 1.29 is 0 Å². The molecule has 3 heteroatoms. The van der Waals surface area contributed by atoms with Gasteiger partial charge in [-0.25, -0.2) is 4.98 Å². The predicted octanol–water partition coefficient (Wildman–Crippen LogP) is 3.68. The number of thiazole rings is 1. The zero-order valence-corrected chi connectivity index (χ0v) is 11.1. The highest BCUT2D eigenvalue weighted by Gasteiger charge is 2.24. The summed E-state index contributed by atoms with van der Waals surface area (Å²) in [6, 6.07) is 0.532. The van der Waals surface area contributed by atoms with Crippen molar-refractivity contribution in [3.05, 3.63) is 16.1 Å². The molecule has 1 aliphatic carbocycles. The van der Waals surface area contributed by atoms with Crippen molar-refractivity contribution in [2.75, 3.05) is 7.05 Å². The predicted molar refractivity (Wildman–Crippen MR) is 69.8 cm³/mol. The number of aryl methyl sites for hydroxylation is 1. The zero-order valence-electron chi connectivity index (χ0n) is 10.3. The minimum atomic E-state index is 0.532. The van der Waals surface area contributed by atoms with Gasteiger partial charge in [0.05, 0.1) is 5.01 Å². The Morgan fingerprint density at radius 3 is 2.50 bits per heavy atom. The molecule has 0 spiro atoms. The summed E-state index contributed by atoms with van der Waals surface area (Å²) < 4.78 is 0. The second-order valence-corrected chi connectivity index (χ2v) is 6.07. The molecule has 1 aromatic rings. The molecular weight excluding hydrogens is 216 g/mol. The van der Waals surface area contributed by atoms with Crippen molar-refractivity contribution in [2.24, 2.45) is 5.92 Å².